The van der Waals surface area contributed by atoms with Crippen molar-refractivity contribution in [3.05, 3.63) is 125 Å². The van der Waals surface area contributed by atoms with E-state index in [1.165, 1.54) is 42.5 Å². The molecular formula is C39H36O13. The van der Waals surface area contributed by atoms with Crippen molar-refractivity contribution in [2.75, 3.05) is 6.61 Å². The van der Waals surface area contributed by atoms with Crippen LogP contribution in [-0.2, 0) is 35.0 Å². The van der Waals surface area contributed by atoms with E-state index >= 15 is 0 Å². The van der Waals surface area contributed by atoms with Crippen LogP contribution in [-0.4, -0.2) is 86.0 Å². The fourth-order valence-corrected chi connectivity index (χ4v) is 5.86. The number of rotatable bonds is 10. The van der Waals surface area contributed by atoms with Gasteiger partial charge in [0.1, 0.15) is 48.3 Å². The summed E-state index contributed by atoms with van der Waals surface area (Å²) in [5.41, 5.74) is 1.99. The van der Waals surface area contributed by atoms with Crippen molar-refractivity contribution in [2.45, 2.75) is 49.3 Å². The van der Waals surface area contributed by atoms with Crippen LogP contribution in [0.25, 0.3) is 12.2 Å². The quantitative estimate of drug-likeness (QED) is 0.0786. The number of fused-ring (bicyclic) bond motifs is 1. The van der Waals surface area contributed by atoms with E-state index in [2.05, 4.69) is 0 Å². The molecule has 1 saturated heterocycles. The van der Waals surface area contributed by atoms with E-state index in [-0.39, 0.29) is 29.2 Å². The molecule has 0 aromatic heterocycles. The molecule has 6 rings (SSSR count). The number of phenolic OH excluding ortho intramolecular Hbond substituents is 4. The van der Waals surface area contributed by atoms with Crippen molar-refractivity contribution in [3.8, 4) is 28.7 Å². The van der Waals surface area contributed by atoms with Gasteiger partial charge in [-0.05, 0) is 41.0 Å². The number of aromatic hydroxyl groups is 4. The Morgan fingerprint density at radius 3 is 2.06 bits per heavy atom. The van der Waals surface area contributed by atoms with Crippen LogP contribution >= 0.6 is 0 Å². The van der Waals surface area contributed by atoms with Crippen LogP contribution in [0.3, 0.4) is 0 Å². The summed E-state index contributed by atoms with van der Waals surface area (Å²) in [6.45, 7) is -0.524. The zero-order valence-electron chi connectivity index (χ0n) is 27.5. The average Bonchev–Trinajstić information content (AvgIpc) is 3.14. The topological polar surface area (TPSA) is 202 Å². The lowest BCUT2D eigenvalue weighted by atomic mass is 9.93. The van der Waals surface area contributed by atoms with Gasteiger partial charge >= 0.3 is 11.9 Å². The summed E-state index contributed by atoms with van der Waals surface area (Å²) in [7, 11) is 0. The summed E-state index contributed by atoms with van der Waals surface area (Å²) in [5.74, 6) is -2.98. The van der Waals surface area contributed by atoms with Gasteiger partial charge in [0.2, 0.25) is 0 Å². The van der Waals surface area contributed by atoms with Gasteiger partial charge in [-0.25, -0.2) is 9.59 Å². The fraction of sp³-hybridized carbons (Fsp3) is 0.231. The molecule has 1 fully saturated rings. The maximum Gasteiger partial charge on any atom is 0.331 e. The van der Waals surface area contributed by atoms with Gasteiger partial charge in [0.05, 0.1) is 0 Å². The Balaban J connectivity index is 1.27. The molecule has 4 aromatic rings. The Bertz CT molecular complexity index is 1930. The number of benzene rings is 4. The molecular weight excluding hydrogens is 676 g/mol. The van der Waals surface area contributed by atoms with Crippen LogP contribution < -0.4 is 4.74 Å². The van der Waals surface area contributed by atoms with Gasteiger partial charge in [-0.1, -0.05) is 66.7 Å². The van der Waals surface area contributed by atoms with Crippen LogP contribution in [0.4, 0.5) is 0 Å². The number of aliphatic hydroxyl groups excluding tert-OH is 2. The van der Waals surface area contributed by atoms with Crippen molar-refractivity contribution >= 4 is 24.1 Å². The zero-order chi connectivity index (χ0) is 36.8. The fourth-order valence-electron chi connectivity index (χ4n) is 5.86. The van der Waals surface area contributed by atoms with Gasteiger partial charge in [-0.2, -0.15) is 0 Å². The molecule has 0 spiro atoms. The van der Waals surface area contributed by atoms with Crippen LogP contribution in [0.15, 0.2) is 103 Å². The minimum Gasteiger partial charge on any atom is -0.508 e. The molecule has 6 N–H and O–H groups in total. The molecule has 0 unspecified atom stereocenters. The monoisotopic (exact) mass is 712 g/mol. The highest BCUT2D eigenvalue weighted by Gasteiger charge is 2.50. The Kier molecular flexibility index (Phi) is 11.1. The van der Waals surface area contributed by atoms with Gasteiger partial charge in [0.25, 0.3) is 0 Å². The van der Waals surface area contributed by atoms with Crippen LogP contribution in [0, 0.1) is 0 Å². The van der Waals surface area contributed by atoms with Gasteiger partial charge < -0.3 is 54.3 Å². The smallest absolute Gasteiger partial charge is 0.331 e. The van der Waals surface area contributed by atoms with E-state index in [0.29, 0.717) is 11.1 Å². The lowest BCUT2D eigenvalue weighted by Gasteiger charge is -2.44. The third-order valence-electron chi connectivity index (χ3n) is 8.51. The first-order valence-electron chi connectivity index (χ1n) is 16.3. The third kappa shape index (κ3) is 8.53. The third-order valence-corrected chi connectivity index (χ3v) is 8.51. The van der Waals surface area contributed by atoms with Crippen molar-refractivity contribution in [1.82, 2.24) is 0 Å². The molecule has 2 aliphatic heterocycles. The zero-order valence-corrected chi connectivity index (χ0v) is 27.5. The molecule has 0 saturated carbocycles. The molecule has 0 aliphatic carbocycles. The van der Waals surface area contributed by atoms with Gasteiger partial charge in [-0.15, -0.1) is 0 Å². The highest BCUT2D eigenvalue weighted by Crippen LogP contribution is 2.44. The van der Waals surface area contributed by atoms with Gasteiger partial charge in [0.15, 0.2) is 30.0 Å². The predicted molar refractivity (Wildman–Crippen MR) is 184 cm³/mol. The van der Waals surface area contributed by atoms with E-state index < -0.39 is 73.0 Å². The van der Waals surface area contributed by atoms with E-state index in [1.54, 1.807) is 48.5 Å². The first-order chi connectivity index (χ1) is 25.0. The number of phenols is 4. The molecule has 0 bridgehead atoms. The van der Waals surface area contributed by atoms with Gasteiger partial charge in [-0.3, -0.25) is 0 Å². The molecule has 13 heteroatoms. The number of carbonyl (C=O) groups excluding carboxylic acids is 2. The summed E-state index contributed by atoms with van der Waals surface area (Å²) in [4.78, 5) is 25.6. The molecule has 270 valence electrons. The second-order valence-electron chi connectivity index (χ2n) is 12.2. The first-order valence-corrected chi connectivity index (χ1v) is 16.3. The van der Waals surface area contributed by atoms with E-state index in [4.69, 9.17) is 23.7 Å². The largest absolute Gasteiger partial charge is 0.508 e. The van der Waals surface area contributed by atoms with Crippen LogP contribution in [0.1, 0.15) is 28.4 Å². The summed E-state index contributed by atoms with van der Waals surface area (Å²) in [6.07, 6.45) is -5.01. The van der Waals surface area contributed by atoms with Crippen molar-refractivity contribution in [1.29, 1.82) is 0 Å². The predicted octanol–water partition coefficient (Wildman–Crippen LogP) is 3.90. The van der Waals surface area contributed by atoms with Crippen molar-refractivity contribution in [2.24, 2.45) is 0 Å². The van der Waals surface area contributed by atoms with E-state index in [0.717, 1.165) is 17.7 Å². The molecule has 52 heavy (non-hydrogen) atoms. The maximum atomic E-state index is 13.0. The summed E-state index contributed by atoms with van der Waals surface area (Å²) in [5, 5.41) is 63.4. The highest BCUT2D eigenvalue weighted by atomic mass is 16.7. The molecule has 2 heterocycles. The number of carbonyl (C=O) groups is 2. The summed E-state index contributed by atoms with van der Waals surface area (Å²) in [6, 6.07) is 24.2. The Morgan fingerprint density at radius 2 is 1.40 bits per heavy atom. The SMILES string of the molecule is O=C(C=Cc1ccccc1)OC[C@H]1O[C@@H](O[C@H]2Cc3c(O)cc(O)cc3O[C@@H]2c2ccc(O)c(O)c2)[C@H](OC(=O)C=Cc2ccccc2)[C@@H](O)[C@@H]1O. The number of hydrogen-bond acceptors (Lipinski definition) is 13. The standard InChI is InChI=1S/C39H36O13/c40-25-18-28(42)26-20-31(37(49-30(26)19-25)24-13-14-27(41)29(43)17-24)50-39-38(52-34(45)16-12-23-9-5-2-6-10-23)36(47)35(46)32(51-39)21-48-33(44)15-11-22-7-3-1-4-8-22/h1-19,31-32,35-43,46-47H,20-21H2/t31-,32+,35+,36-,37+,38+,39+/m0/s1. The maximum absolute atomic E-state index is 13.0. The van der Waals surface area contributed by atoms with Crippen molar-refractivity contribution < 1.29 is 63.9 Å². The molecule has 13 nitrogen and oxygen atoms in total. The van der Waals surface area contributed by atoms with Gasteiger partial charge in [0, 0.05) is 36.3 Å². The lowest BCUT2D eigenvalue weighted by Crippen LogP contribution is -2.61. The number of ether oxygens (including phenoxy) is 5. The molecule has 0 radical (unpaired) electrons. The highest BCUT2D eigenvalue weighted by molar-refractivity contribution is 5.87. The minimum atomic E-state index is -1.80. The normalized spacial score (nSPS) is 24.2. The number of aliphatic hydroxyl groups is 2. The molecule has 7 atom stereocenters. The number of esters is 2. The molecule has 2 aliphatic rings. The lowest BCUT2D eigenvalue weighted by molar-refractivity contribution is -0.319. The molecule has 4 aromatic carbocycles. The second kappa shape index (κ2) is 16.0. The van der Waals surface area contributed by atoms with E-state index in [9.17, 15) is 40.2 Å². The summed E-state index contributed by atoms with van der Waals surface area (Å²) >= 11 is 0. The number of hydrogen-bond donors (Lipinski definition) is 6. The minimum absolute atomic E-state index is 0.0786. The Labute approximate surface area is 297 Å². The van der Waals surface area contributed by atoms with E-state index in [1.807, 2.05) is 12.1 Å². The molecule has 0 amide bonds. The Hall–Kier alpha value is -5.86. The average molecular weight is 713 g/mol. The summed E-state index contributed by atoms with van der Waals surface area (Å²) < 4.78 is 29.5. The first kappa shape index (κ1) is 35.9. The van der Waals surface area contributed by atoms with Crippen LogP contribution in [0.5, 0.6) is 28.7 Å². The van der Waals surface area contributed by atoms with Crippen molar-refractivity contribution in [3.63, 3.8) is 0 Å². The second-order valence-corrected chi connectivity index (χ2v) is 12.2. The Morgan fingerprint density at radius 1 is 0.750 bits per heavy atom. The van der Waals surface area contributed by atoms with Crippen LogP contribution in [0.2, 0.25) is 0 Å².